The largest absolute Gasteiger partial charge is 0.379 e. The SMILES string of the molecule is Cc1cnc(CCNc2cc(NC3CCCOC3)ncn2)s1. The van der Waals surface area contributed by atoms with E-state index in [2.05, 4.69) is 32.5 Å². The molecule has 22 heavy (non-hydrogen) atoms. The maximum absolute atomic E-state index is 5.47. The zero-order valence-electron chi connectivity index (χ0n) is 12.7. The van der Waals surface area contributed by atoms with Gasteiger partial charge in [-0.2, -0.15) is 0 Å². The second-order valence-corrected chi connectivity index (χ2v) is 6.71. The first kappa shape index (κ1) is 15.2. The number of aryl methyl sites for hydroxylation is 1. The second-order valence-electron chi connectivity index (χ2n) is 5.39. The lowest BCUT2D eigenvalue weighted by molar-refractivity contribution is 0.0875. The molecule has 2 N–H and O–H groups in total. The lowest BCUT2D eigenvalue weighted by Crippen LogP contribution is -2.30. The van der Waals surface area contributed by atoms with E-state index in [9.17, 15) is 0 Å². The first-order valence-corrected chi connectivity index (χ1v) is 8.43. The molecule has 2 aromatic heterocycles. The van der Waals surface area contributed by atoms with Gasteiger partial charge in [0.25, 0.3) is 0 Å². The maximum Gasteiger partial charge on any atom is 0.131 e. The van der Waals surface area contributed by atoms with Crippen molar-refractivity contribution < 1.29 is 4.74 Å². The molecule has 118 valence electrons. The fourth-order valence-electron chi connectivity index (χ4n) is 2.41. The molecule has 0 bridgehead atoms. The molecule has 1 aliphatic rings. The molecule has 7 heteroatoms. The summed E-state index contributed by atoms with van der Waals surface area (Å²) in [5.41, 5.74) is 0. The van der Waals surface area contributed by atoms with Crippen molar-refractivity contribution >= 4 is 23.0 Å². The van der Waals surface area contributed by atoms with Crippen molar-refractivity contribution in [1.82, 2.24) is 15.0 Å². The summed E-state index contributed by atoms with van der Waals surface area (Å²) in [5.74, 6) is 1.68. The number of ether oxygens (including phenoxy) is 1. The lowest BCUT2D eigenvalue weighted by Gasteiger charge is -2.23. The van der Waals surface area contributed by atoms with Crippen molar-refractivity contribution in [2.45, 2.75) is 32.2 Å². The van der Waals surface area contributed by atoms with E-state index in [4.69, 9.17) is 4.74 Å². The highest BCUT2D eigenvalue weighted by atomic mass is 32.1. The average Bonchev–Trinajstić information content (AvgIpc) is 2.94. The molecule has 1 unspecified atom stereocenters. The Kier molecular flexibility index (Phi) is 5.18. The van der Waals surface area contributed by atoms with Crippen LogP contribution >= 0.6 is 11.3 Å². The van der Waals surface area contributed by atoms with Crippen molar-refractivity contribution in [3.63, 3.8) is 0 Å². The van der Waals surface area contributed by atoms with Gasteiger partial charge in [0.1, 0.15) is 18.0 Å². The third-order valence-electron chi connectivity index (χ3n) is 3.49. The van der Waals surface area contributed by atoms with Crippen molar-refractivity contribution in [2.75, 3.05) is 30.4 Å². The topological polar surface area (TPSA) is 72.0 Å². The number of hydrogen-bond donors (Lipinski definition) is 2. The molecule has 1 atom stereocenters. The van der Waals surface area contributed by atoms with Crippen LogP contribution in [0.5, 0.6) is 0 Å². The van der Waals surface area contributed by atoms with Crippen molar-refractivity contribution in [3.8, 4) is 0 Å². The average molecular weight is 319 g/mol. The second kappa shape index (κ2) is 7.51. The monoisotopic (exact) mass is 319 g/mol. The number of anilines is 2. The minimum atomic E-state index is 0.342. The van der Waals surface area contributed by atoms with Gasteiger partial charge >= 0.3 is 0 Å². The van der Waals surface area contributed by atoms with Crippen molar-refractivity contribution in [3.05, 3.63) is 28.5 Å². The first-order chi connectivity index (χ1) is 10.8. The molecule has 6 nitrogen and oxygen atoms in total. The number of rotatable bonds is 6. The predicted molar refractivity (Wildman–Crippen MR) is 88.5 cm³/mol. The Balaban J connectivity index is 1.50. The van der Waals surface area contributed by atoms with Gasteiger partial charge < -0.3 is 15.4 Å². The third kappa shape index (κ3) is 4.38. The van der Waals surface area contributed by atoms with Gasteiger partial charge in [0.15, 0.2) is 0 Å². The van der Waals surface area contributed by atoms with Gasteiger partial charge in [-0.15, -0.1) is 11.3 Å². The maximum atomic E-state index is 5.47. The summed E-state index contributed by atoms with van der Waals surface area (Å²) < 4.78 is 5.47. The van der Waals surface area contributed by atoms with E-state index < -0.39 is 0 Å². The van der Waals surface area contributed by atoms with Crippen LogP contribution in [0.4, 0.5) is 11.6 Å². The molecule has 0 amide bonds. The molecular formula is C15H21N5OS. The Bertz CT molecular complexity index is 597. The van der Waals surface area contributed by atoms with Crippen LogP contribution in [0.25, 0.3) is 0 Å². The fraction of sp³-hybridized carbons (Fsp3) is 0.533. The van der Waals surface area contributed by atoms with E-state index in [0.29, 0.717) is 6.04 Å². The fourth-order valence-corrected chi connectivity index (χ4v) is 3.20. The Morgan fingerprint density at radius 1 is 1.32 bits per heavy atom. The highest BCUT2D eigenvalue weighted by Crippen LogP contribution is 2.15. The van der Waals surface area contributed by atoms with Crippen LogP contribution in [-0.2, 0) is 11.2 Å². The molecule has 1 saturated heterocycles. The smallest absolute Gasteiger partial charge is 0.131 e. The quantitative estimate of drug-likeness (QED) is 0.852. The molecule has 1 aliphatic heterocycles. The molecule has 0 spiro atoms. The van der Waals surface area contributed by atoms with Crippen LogP contribution < -0.4 is 10.6 Å². The van der Waals surface area contributed by atoms with E-state index in [1.807, 2.05) is 12.3 Å². The molecular weight excluding hydrogens is 298 g/mol. The van der Waals surface area contributed by atoms with E-state index in [1.54, 1.807) is 17.7 Å². The molecule has 0 aliphatic carbocycles. The van der Waals surface area contributed by atoms with Crippen molar-refractivity contribution in [2.24, 2.45) is 0 Å². The molecule has 1 fully saturated rings. The summed E-state index contributed by atoms with van der Waals surface area (Å²) in [6.45, 7) is 4.50. The van der Waals surface area contributed by atoms with E-state index in [0.717, 1.165) is 55.7 Å². The molecule has 0 aromatic carbocycles. The highest BCUT2D eigenvalue weighted by Gasteiger charge is 2.14. The van der Waals surface area contributed by atoms with Crippen LogP contribution in [0.15, 0.2) is 18.6 Å². The minimum Gasteiger partial charge on any atom is -0.379 e. The number of nitrogens with one attached hydrogen (secondary N) is 2. The standard InChI is InChI=1S/C15H21N5OS/c1-11-8-17-15(22-11)4-5-16-13-7-14(19-10-18-13)20-12-3-2-6-21-9-12/h7-8,10,12H,2-6,9H2,1H3,(H2,16,18,19,20). The Morgan fingerprint density at radius 3 is 3.00 bits per heavy atom. The predicted octanol–water partition coefficient (Wildman–Crippen LogP) is 2.49. The minimum absolute atomic E-state index is 0.342. The van der Waals surface area contributed by atoms with Crippen LogP contribution in [0, 0.1) is 6.92 Å². The van der Waals surface area contributed by atoms with Crippen LogP contribution in [0.2, 0.25) is 0 Å². The van der Waals surface area contributed by atoms with E-state index in [-0.39, 0.29) is 0 Å². The molecule has 2 aromatic rings. The zero-order valence-corrected chi connectivity index (χ0v) is 13.5. The number of aromatic nitrogens is 3. The van der Waals surface area contributed by atoms with Gasteiger partial charge in [0.05, 0.1) is 17.7 Å². The summed E-state index contributed by atoms with van der Waals surface area (Å²) in [7, 11) is 0. The molecule has 0 radical (unpaired) electrons. The Labute approximate surface area is 134 Å². The van der Waals surface area contributed by atoms with Gasteiger partial charge in [0.2, 0.25) is 0 Å². The van der Waals surface area contributed by atoms with Gasteiger partial charge in [0, 0.05) is 36.7 Å². The molecule has 3 heterocycles. The lowest BCUT2D eigenvalue weighted by atomic mass is 10.1. The highest BCUT2D eigenvalue weighted by molar-refractivity contribution is 7.11. The molecule has 3 rings (SSSR count). The van der Waals surface area contributed by atoms with E-state index >= 15 is 0 Å². The summed E-state index contributed by atoms with van der Waals surface area (Å²) in [4.78, 5) is 14.1. The first-order valence-electron chi connectivity index (χ1n) is 7.61. The molecule has 0 saturated carbocycles. The number of hydrogen-bond acceptors (Lipinski definition) is 7. The van der Waals surface area contributed by atoms with Gasteiger partial charge in [-0.1, -0.05) is 0 Å². The third-order valence-corrected chi connectivity index (χ3v) is 4.47. The summed E-state index contributed by atoms with van der Waals surface area (Å²) in [6, 6.07) is 2.29. The van der Waals surface area contributed by atoms with E-state index in [1.165, 1.54) is 4.88 Å². The zero-order chi connectivity index (χ0) is 15.2. The normalized spacial score (nSPS) is 18.1. The number of nitrogens with zero attached hydrogens (tertiary/aromatic N) is 3. The Hall–Kier alpha value is -1.73. The number of thiazole rings is 1. The summed E-state index contributed by atoms with van der Waals surface area (Å²) in [5, 5.41) is 7.88. The Morgan fingerprint density at radius 2 is 2.23 bits per heavy atom. The van der Waals surface area contributed by atoms with Gasteiger partial charge in [-0.05, 0) is 19.8 Å². The van der Waals surface area contributed by atoms with Crippen LogP contribution in [-0.4, -0.2) is 40.8 Å². The van der Waals surface area contributed by atoms with Crippen molar-refractivity contribution in [1.29, 1.82) is 0 Å². The van der Waals surface area contributed by atoms with Crippen LogP contribution in [0.3, 0.4) is 0 Å². The van der Waals surface area contributed by atoms with Gasteiger partial charge in [-0.3, -0.25) is 0 Å². The summed E-state index contributed by atoms with van der Waals surface area (Å²) in [6.07, 6.45) is 6.62. The van der Waals surface area contributed by atoms with Gasteiger partial charge in [-0.25, -0.2) is 15.0 Å². The van der Waals surface area contributed by atoms with Crippen LogP contribution in [0.1, 0.15) is 22.7 Å². The summed E-state index contributed by atoms with van der Waals surface area (Å²) >= 11 is 1.74.